The summed E-state index contributed by atoms with van der Waals surface area (Å²) in [5, 5.41) is 2.99. The number of amides is 1. The largest absolute Gasteiger partial charge is 0.370 e. The first-order chi connectivity index (χ1) is 8.11. The normalized spacial score (nSPS) is 12.9. The van der Waals surface area contributed by atoms with Gasteiger partial charge in [-0.2, -0.15) is 0 Å². The lowest BCUT2D eigenvalue weighted by molar-refractivity contribution is -0.118. The maximum Gasteiger partial charge on any atom is 0.219 e. The second-order valence-electron chi connectivity index (χ2n) is 3.63. The molecule has 1 amide bonds. The first-order valence-electron chi connectivity index (χ1n) is 5.26. The second-order valence-corrected chi connectivity index (χ2v) is 3.63. The molecule has 0 heterocycles. The van der Waals surface area contributed by atoms with Gasteiger partial charge in [0, 0.05) is 12.1 Å². The van der Waals surface area contributed by atoms with E-state index in [1.54, 1.807) is 6.92 Å². The number of carbonyl (C=O) groups excluding carboxylic acids is 1. The Hall–Kier alpha value is -2.08. The van der Waals surface area contributed by atoms with Gasteiger partial charge in [-0.05, 0) is 19.1 Å². The van der Waals surface area contributed by atoms with Crippen LogP contribution in [0.25, 0.3) is 0 Å². The van der Waals surface area contributed by atoms with Crippen LogP contribution in [0.2, 0.25) is 0 Å². The third kappa shape index (κ3) is 4.98. The molecule has 0 radical (unpaired) electrons. The Labute approximate surface area is 100 Å². The predicted octanol–water partition coefficient (Wildman–Crippen LogP) is 0.182. The monoisotopic (exact) mass is 235 g/mol. The molecular weight excluding hydrogens is 218 g/mol. The summed E-state index contributed by atoms with van der Waals surface area (Å²) >= 11 is 0. The second kappa shape index (κ2) is 6.49. The third-order valence-corrected chi connectivity index (χ3v) is 2.02. The molecule has 17 heavy (non-hydrogen) atoms. The minimum atomic E-state index is -0.391. The van der Waals surface area contributed by atoms with Gasteiger partial charge in [0.05, 0.1) is 6.04 Å². The quantitative estimate of drug-likeness (QED) is 0.258. The van der Waals surface area contributed by atoms with Gasteiger partial charge in [0.25, 0.3) is 0 Å². The van der Waals surface area contributed by atoms with Gasteiger partial charge in [-0.3, -0.25) is 10.2 Å². The Morgan fingerprint density at radius 3 is 2.59 bits per heavy atom. The van der Waals surface area contributed by atoms with E-state index in [-0.39, 0.29) is 12.5 Å². The molecule has 6 nitrogen and oxygen atoms in total. The van der Waals surface area contributed by atoms with Crippen LogP contribution < -0.4 is 22.3 Å². The van der Waals surface area contributed by atoms with E-state index in [4.69, 9.17) is 11.6 Å². The van der Waals surface area contributed by atoms with Crippen molar-refractivity contribution in [1.29, 1.82) is 0 Å². The number of primary amides is 1. The highest BCUT2D eigenvalue weighted by Crippen LogP contribution is 2.05. The smallest absolute Gasteiger partial charge is 0.219 e. The molecule has 0 fully saturated rings. The van der Waals surface area contributed by atoms with Crippen molar-refractivity contribution in [2.45, 2.75) is 19.4 Å². The fourth-order valence-corrected chi connectivity index (χ4v) is 1.32. The van der Waals surface area contributed by atoms with E-state index in [9.17, 15) is 4.79 Å². The number of aliphatic imine (C=N–C) groups is 1. The van der Waals surface area contributed by atoms with Crippen molar-refractivity contribution in [3.63, 3.8) is 0 Å². The number of hydrazine groups is 1. The van der Waals surface area contributed by atoms with Crippen molar-refractivity contribution in [3.05, 3.63) is 30.3 Å². The summed E-state index contributed by atoms with van der Waals surface area (Å²) < 4.78 is 0. The SMILES string of the molecule is CC(CC(N)=O)N=C(NN)Nc1ccccc1. The fraction of sp³-hybridized carbons (Fsp3) is 0.273. The molecule has 0 saturated heterocycles. The molecule has 0 bridgehead atoms. The third-order valence-electron chi connectivity index (χ3n) is 2.02. The van der Waals surface area contributed by atoms with Gasteiger partial charge in [-0.25, -0.2) is 10.8 Å². The molecule has 1 unspecified atom stereocenters. The highest BCUT2D eigenvalue weighted by molar-refractivity contribution is 5.93. The lowest BCUT2D eigenvalue weighted by Crippen LogP contribution is -2.37. The molecule has 92 valence electrons. The van der Waals surface area contributed by atoms with Gasteiger partial charge in [0.1, 0.15) is 0 Å². The molecule has 1 aromatic rings. The molecule has 0 aliphatic carbocycles. The summed E-state index contributed by atoms with van der Waals surface area (Å²) in [6.07, 6.45) is 0.182. The highest BCUT2D eigenvalue weighted by atomic mass is 16.1. The summed E-state index contributed by atoms with van der Waals surface area (Å²) in [7, 11) is 0. The Morgan fingerprint density at radius 2 is 2.06 bits per heavy atom. The number of hydrogen-bond donors (Lipinski definition) is 4. The van der Waals surface area contributed by atoms with Crippen LogP contribution in [0.1, 0.15) is 13.3 Å². The zero-order valence-corrected chi connectivity index (χ0v) is 9.68. The van der Waals surface area contributed by atoms with Crippen molar-refractivity contribution in [3.8, 4) is 0 Å². The first kappa shape index (κ1) is 13.0. The Kier molecular flexibility index (Phi) is 4.96. The fourth-order valence-electron chi connectivity index (χ4n) is 1.32. The summed E-state index contributed by atoms with van der Waals surface area (Å²) in [5.41, 5.74) is 8.38. The lowest BCUT2D eigenvalue weighted by Gasteiger charge is -2.11. The number of carbonyl (C=O) groups is 1. The molecular formula is C11H17N5O. The van der Waals surface area contributed by atoms with Crippen LogP contribution in [0, 0.1) is 0 Å². The minimum absolute atomic E-state index is 0.182. The van der Waals surface area contributed by atoms with Crippen molar-refractivity contribution < 1.29 is 4.79 Å². The van der Waals surface area contributed by atoms with E-state index >= 15 is 0 Å². The van der Waals surface area contributed by atoms with Crippen LogP contribution in [0.3, 0.4) is 0 Å². The molecule has 1 rings (SSSR count). The number of nitrogens with one attached hydrogen (secondary N) is 2. The lowest BCUT2D eigenvalue weighted by atomic mass is 10.2. The van der Waals surface area contributed by atoms with Gasteiger partial charge in [0.2, 0.25) is 11.9 Å². The van der Waals surface area contributed by atoms with E-state index in [1.807, 2.05) is 30.3 Å². The Balaban J connectivity index is 2.65. The number of hydrogen-bond acceptors (Lipinski definition) is 3. The van der Waals surface area contributed by atoms with Gasteiger partial charge in [0.15, 0.2) is 0 Å². The predicted molar refractivity (Wildman–Crippen MR) is 68.1 cm³/mol. The Bertz CT molecular complexity index is 390. The van der Waals surface area contributed by atoms with Crippen molar-refractivity contribution in [1.82, 2.24) is 5.43 Å². The summed E-state index contributed by atoms with van der Waals surface area (Å²) in [5.74, 6) is 5.34. The van der Waals surface area contributed by atoms with E-state index in [0.717, 1.165) is 5.69 Å². The van der Waals surface area contributed by atoms with Gasteiger partial charge >= 0.3 is 0 Å². The molecule has 1 aromatic carbocycles. The Morgan fingerprint density at radius 1 is 1.41 bits per heavy atom. The average Bonchev–Trinajstić information content (AvgIpc) is 2.28. The van der Waals surface area contributed by atoms with Crippen LogP contribution in [0.15, 0.2) is 35.3 Å². The average molecular weight is 235 g/mol. The number of para-hydroxylation sites is 1. The van der Waals surface area contributed by atoms with Crippen LogP contribution in [0.5, 0.6) is 0 Å². The molecule has 0 aromatic heterocycles. The van der Waals surface area contributed by atoms with Crippen molar-refractivity contribution in [2.24, 2.45) is 16.6 Å². The molecule has 0 spiro atoms. The van der Waals surface area contributed by atoms with Crippen LogP contribution in [-0.4, -0.2) is 17.9 Å². The maximum atomic E-state index is 10.7. The summed E-state index contributed by atoms with van der Waals surface area (Å²) in [4.78, 5) is 14.9. The molecule has 0 saturated carbocycles. The van der Waals surface area contributed by atoms with E-state index in [1.165, 1.54) is 0 Å². The summed E-state index contributed by atoms with van der Waals surface area (Å²) in [6, 6.07) is 9.23. The zero-order valence-electron chi connectivity index (χ0n) is 9.68. The molecule has 6 heteroatoms. The first-order valence-corrected chi connectivity index (χ1v) is 5.26. The zero-order chi connectivity index (χ0) is 12.7. The maximum absolute atomic E-state index is 10.7. The molecule has 0 aliphatic rings. The van der Waals surface area contributed by atoms with Crippen LogP contribution >= 0.6 is 0 Å². The van der Waals surface area contributed by atoms with Crippen molar-refractivity contribution in [2.75, 3.05) is 5.32 Å². The van der Waals surface area contributed by atoms with Crippen molar-refractivity contribution >= 4 is 17.6 Å². The van der Waals surface area contributed by atoms with E-state index in [2.05, 4.69) is 15.7 Å². The van der Waals surface area contributed by atoms with E-state index in [0.29, 0.717) is 5.96 Å². The van der Waals surface area contributed by atoms with Gasteiger partial charge < -0.3 is 11.1 Å². The number of rotatable bonds is 4. The number of nitrogens with zero attached hydrogens (tertiary/aromatic N) is 1. The van der Waals surface area contributed by atoms with Gasteiger partial charge in [-0.1, -0.05) is 18.2 Å². The topological polar surface area (TPSA) is 106 Å². The molecule has 6 N–H and O–H groups in total. The van der Waals surface area contributed by atoms with Crippen LogP contribution in [-0.2, 0) is 4.79 Å². The number of benzene rings is 1. The number of guanidine groups is 1. The van der Waals surface area contributed by atoms with Gasteiger partial charge in [-0.15, -0.1) is 0 Å². The summed E-state index contributed by atoms with van der Waals surface area (Å²) in [6.45, 7) is 1.79. The standard InChI is InChI=1S/C11H17N5O/c1-8(7-10(12)17)14-11(16-13)15-9-5-3-2-4-6-9/h2-6,8H,7,13H2,1H3,(H2,12,17)(H2,14,15,16). The minimum Gasteiger partial charge on any atom is -0.370 e. The van der Waals surface area contributed by atoms with E-state index < -0.39 is 5.91 Å². The number of anilines is 1. The molecule has 1 atom stereocenters. The number of nitrogens with two attached hydrogens (primary N) is 2. The molecule has 0 aliphatic heterocycles. The highest BCUT2D eigenvalue weighted by Gasteiger charge is 2.06. The van der Waals surface area contributed by atoms with Crippen LogP contribution in [0.4, 0.5) is 5.69 Å².